The highest BCUT2D eigenvalue weighted by atomic mass is 16.5. The maximum atomic E-state index is 5.78. The number of benzene rings is 1. The van der Waals surface area contributed by atoms with E-state index < -0.39 is 5.60 Å². The van der Waals surface area contributed by atoms with Crippen LogP contribution in [0.5, 0.6) is 0 Å². The highest BCUT2D eigenvalue weighted by Crippen LogP contribution is 2.27. The molecule has 0 radical (unpaired) electrons. The molecule has 102 valence electrons. The fraction of sp³-hybridized carbons (Fsp3) is 0.529. The SMILES string of the molecule is C#C[C@](CC[NH+]1CCCCC1)(OC)c1ccccc1. The number of hydrogen-bond acceptors (Lipinski definition) is 1. The van der Waals surface area contributed by atoms with Crippen LogP contribution < -0.4 is 4.90 Å². The third-order valence-corrected chi connectivity index (χ3v) is 4.21. The first-order valence-corrected chi connectivity index (χ1v) is 7.23. The lowest BCUT2D eigenvalue weighted by atomic mass is 9.90. The average Bonchev–Trinajstić information content (AvgIpc) is 2.51. The number of nitrogens with one attached hydrogen (secondary N) is 1. The van der Waals surface area contributed by atoms with Crippen molar-refractivity contribution in [1.82, 2.24) is 0 Å². The van der Waals surface area contributed by atoms with Crippen LogP contribution in [0.1, 0.15) is 31.2 Å². The van der Waals surface area contributed by atoms with Gasteiger partial charge in [-0.2, -0.15) is 0 Å². The minimum absolute atomic E-state index is 0.564. The standard InChI is InChI=1S/C17H23NO/c1-3-17(19-2,16-10-6-4-7-11-16)12-15-18-13-8-5-9-14-18/h1,4,6-7,10-11H,5,8-9,12-15H2,2H3/p+1/t17-/m1/s1. The minimum Gasteiger partial charge on any atom is -0.361 e. The lowest BCUT2D eigenvalue weighted by Crippen LogP contribution is -3.13. The van der Waals surface area contributed by atoms with Crippen molar-refractivity contribution in [2.75, 3.05) is 26.7 Å². The Morgan fingerprint density at radius 2 is 1.89 bits per heavy atom. The lowest BCUT2D eigenvalue weighted by molar-refractivity contribution is -0.905. The minimum atomic E-state index is -0.564. The summed E-state index contributed by atoms with van der Waals surface area (Å²) < 4.78 is 5.71. The van der Waals surface area contributed by atoms with Crippen LogP contribution in [0.25, 0.3) is 0 Å². The van der Waals surface area contributed by atoms with Crippen LogP contribution in [0.4, 0.5) is 0 Å². The van der Waals surface area contributed by atoms with Gasteiger partial charge in [-0.25, -0.2) is 0 Å². The largest absolute Gasteiger partial charge is 0.361 e. The number of rotatable bonds is 5. The van der Waals surface area contributed by atoms with Crippen LogP contribution in [0.2, 0.25) is 0 Å². The van der Waals surface area contributed by atoms with Gasteiger partial charge in [0.25, 0.3) is 0 Å². The fourth-order valence-corrected chi connectivity index (χ4v) is 2.94. The Bertz CT molecular complexity index is 417. The van der Waals surface area contributed by atoms with E-state index in [1.807, 2.05) is 18.2 Å². The molecule has 2 heteroatoms. The summed E-state index contributed by atoms with van der Waals surface area (Å²) in [5.41, 5.74) is 0.530. The van der Waals surface area contributed by atoms with Crippen LogP contribution in [0.15, 0.2) is 30.3 Å². The molecule has 1 atom stereocenters. The molecular formula is C17H24NO+. The number of piperidine rings is 1. The van der Waals surface area contributed by atoms with Gasteiger partial charge >= 0.3 is 0 Å². The molecular weight excluding hydrogens is 234 g/mol. The Morgan fingerprint density at radius 3 is 2.47 bits per heavy atom. The molecule has 0 spiro atoms. The van der Waals surface area contributed by atoms with Crippen LogP contribution in [0, 0.1) is 12.3 Å². The topological polar surface area (TPSA) is 13.7 Å². The van der Waals surface area contributed by atoms with E-state index in [4.69, 9.17) is 11.2 Å². The number of likely N-dealkylation sites (tertiary alicyclic amines) is 1. The van der Waals surface area contributed by atoms with Gasteiger partial charge in [-0.15, -0.1) is 6.42 Å². The van der Waals surface area contributed by atoms with Crippen molar-refractivity contribution in [3.05, 3.63) is 35.9 Å². The smallest absolute Gasteiger partial charge is 0.158 e. The van der Waals surface area contributed by atoms with Crippen molar-refractivity contribution >= 4 is 0 Å². The predicted molar refractivity (Wildman–Crippen MR) is 78.0 cm³/mol. The van der Waals surface area contributed by atoms with Gasteiger partial charge in [0, 0.05) is 13.5 Å². The Labute approximate surface area is 116 Å². The van der Waals surface area contributed by atoms with Crippen LogP contribution in [-0.4, -0.2) is 26.7 Å². The van der Waals surface area contributed by atoms with Gasteiger partial charge in [-0.3, -0.25) is 0 Å². The lowest BCUT2D eigenvalue weighted by Gasteiger charge is -2.30. The number of methoxy groups -OCH3 is 1. The number of ether oxygens (including phenoxy) is 1. The van der Waals surface area contributed by atoms with Crippen molar-refractivity contribution in [1.29, 1.82) is 0 Å². The van der Waals surface area contributed by atoms with E-state index in [9.17, 15) is 0 Å². The molecule has 19 heavy (non-hydrogen) atoms. The maximum absolute atomic E-state index is 5.78. The Hall–Kier alpha value is -1.30. The highest BCUT2D eigenvalue weighted by molar-refractivity contribution is 5.30. The summed E-state index contributed by atoms with van der Waals surface area (Å²) in [7, 11) is 1.72. The summed E-state index contributed by atoms with van der Waals surface area (Å²) in [5, 5.41) is 0. The first-order valence-electron chi connectivity index (χ1n) is 7.23. The number of quaternary nitrogens is 1. The molecule has 1 aliphatic rings. The molecule has 1 heterocycles. The monoisotopic (exact) mass is 258 g/mol. The highest BCUT2D eigenvalue weighted by Gasteiger charge is 2.31. The molecule has 0 bridgehead atoms. The van der Waals surface area contributed by atoms with Gasteiger partial charge in [0.2, 0.25) is 0 Å². The van der Waals surface area contributed by atoms with Crippen molar-refractivity contribution in [2.24, 2.45) is 0 Å². The second-order valence-corrected chi connectivity index (χ2v) is 5.35. The zero-order valence-corrected chi connectivity index (χ0v) is 11.8. The molecule has 1 saturated heterocycles. The molecule has 2 rings (SSSR count). The quantitative estimate of drug-likeness (QED) is 0.792. The van der Waals surface area contributed by atoms with Gasteiger partial charge in [0.15, 0.2) is 5.60 Å². The van der Waals surface area contributed by atoms with E-state index in [2.05, 4.69) is 18.1 Å². The molecule has 1 aromatic rings. The number of hydrogen-bond donors (Lipinski definition) is 1. The maximum Gasteiger partial charge on any atom is 0.158 e. The van der Waals surface area contributed by atoms with Gasteiger partial charge in [0.05, 0.1) is 19.6 Å². The van der Waals surface area contributed by atoms with E-state index in [0.29, 0.717) is 0 Å². The third-order valence-electron chi connectivity index (χ3n) is 4.21. The first kappa shape index (κ1) is 14.1. The Kier molecular flexibility index (Phi) is 5.01. The van der Waals surface area contributed by atoms with Crippen LogP contribution in [-0.2, 0) is 10.3 Å². The van der Waals surface area contributed by atoms with Crippen molar-refractivity contribution < 1.29 is 9.64 Å². The average molecular weight is 258 g/mol. The molecule has 2 nitrogen and oxygen atoms in total. The predicted octanol–water partition coefficient (Wildman–Crippen LogP) is 1.62. The molecule has 0 amide bonds. The second kappa shape index (κ2) is 6.75. The zero-order chi connectivity index (χ0) is 13.6. The van der Waals surface area contributed by atoms with E-state index in [0.717, 1.165) is 18.5 Å². The first-order chi connectivity index (χ1) is 9.30. The van der Waals surface area contributed by atoms with Crippen LogP contribution in [0.3, 0.4) is 0 Å². The Morgan fingerprint density at radius 1 is 1.21 bits per heavy atom. The van der Waals surface area contributed by atoms with Gasteiger partial charge in [-0.1, -0.05) is 36.3 Å². The summed E-state index contributed by atoms with van der Waals surface area (Å²) in [6, 6.07) is 10.2. The van der Waals surface area contributed by atoms with E-state index in [1.165, 1.54) is 32.4 Å². The van der Waals surface area contributed by atoms with Crippen molar-refractivity contribution in [2.45, 2.75) is 31.3 Å². The van der Waals surface area contributed by atoms with Crippen molar-refractivity contribution in [3.63, 3.8) is 0 Å². The van der Waals surface area contributed by atoms with E-state index in [1.54, 1.807) is 12.0 Å². The third kappa shape index (κ3) is 3.37. The van der Waals surface area contributed by atoms with Gasteiger partial charge in [-0.05, 0) is 24.8 Å². The summed E-state index contributed by atoms with van der Waals surface area (Å²) in [6.07, 6.45) is 10.7. The fourth-order valence-electron chi connectivity index (χ4n) is 2.94. The summed E-state index contributed by atoms with van der Waals surface area (Å²) in [6.45, 7) is 3.64. The normalized spacial score (nSPS) is 19.6. The molecule has 1 N–H and O–H groups in total. The van der Waals surface area contributed by atoms with E-state index in [-0.39, 0.29) is 0 Å². The van der Waals surface area contributed by atoms with Crippen molar-refractivity contribution in [3.8, 4) is 12.3 Å². The summed E-state index contributed by atoms with van der Waals surface area (Å²) in [5.74, 6) is 2.89. The molecule has 0 saturated carbocycles. The summed E-state index contributed by atoms with van der Waals surface area (Å²) >= 11 is 0. The molecule has 0 aliphatic carbocycles. The van der Waals surface area contributed by atoms with E-state index >= 15 is 0 Å². The molecule has 0 aromatic heterocycles. The molecule has 1 aromatic carbocycles. The molecule has 1 fully saturated rings. The summed E-state index contributed by atoms with van der Waals surface area (Å²) in [4.78, 5) is 1.67. The zero-order valence-electron chi connectivity index (χ0n) is 11.8. The second-order valence-electron chi connectivity index (χ2n) is 5.35. The Balaban J connectivity index is 2.05. The van der Waals surface area contributed by atoms with Crippen LogP contribution >= 0.6 is 0 Å². The molecule has 0 unspecified atom stereocenters. The number of terminal acetylenes is 1. The van der Waals surface area contributed by atoms with Gasteiger partial charge < -0.3 is 9.64 Å². The molecule has 1 aliphatic heterocycles. The van der Waals surface area contributed by atoms with Gasteiger partial charge in [0.1, 0.15) is 0 Å².